The predicted octanol–water partition coefficient (Wildman–Crippen LogP) is 3.83. The number of aromatic nitrogens is 3. The normalized spacial score (nSPS) is 15.4. The molecule has 0 bridgehead atoms. The van der Waals surface area contributed by atoms with E-state index in [4.69, 9.17) is 0 Å². The number of nitrogens with zero attached hydrogens (tertiary/aromatic N) is 3. The smallest absolute Gasteiger partial charge is 0.0888 e. The van der Waals surface area contributed by atoms with E-state index in [1.165, 1.54) is 12.8 Å². The molecule has 4 heteroatoms. The monoisotopic (exact) mass is 295 g/mol. The molecule has 0 saturated heterocycles. The number of hydrogen-bond acceptors (Lipinski definition) is 3. The largest absolute Gasteiger partial charge is 0.387 e. The van der Waals surface area contributed by atoms with Gasteiger partial charge in [-0.15, -0.1) is 5.10 Å². The van der Waals surface area contributed by atoms with Crippen LogP contribution in [0.1, 0.15) is 72.9 Å². The van der Waals surface area contributed by atoms with Crippen LogP contribution in [-0.2, 0) is 13.0 Å². The van der Waals surface area contributed by atoms with Crippen LogP contribution >= 0.6 is 0 Å². The van der Waals surface area contributed by atoms with Gasteiger partial charge in [0.1, 0.15) is 0 Å². The highest BCUT2D eigenvalue weighted by molar-refractivity contribution is 4.98. The number of rotatable bonds is 8. The highest BCUT2D eigenvalue weighted by atomic mass is 16.3. The first-order valence-corrected chi connectivity index (χ1v) is 8.29. The van der Waals surface area contributed by atoms with Crippen molar-refractivity contribution in [3.05, 3.63) is 11.9 Å². The Morgan fingerprint density at radius 1 is 1.24 bits per heavy atom. The van der Waals surface area contributed by atoms with Crippen molar-refractivity contribution in [3.63, 3.8) is 0 Å². The van der Waals surface area contributed by atoms with Crippen molar-refractivity contribution in [3.8, 4) is 0 Å². The van der Waals surface area contributed by atoms with E-state index >= 15 is 0 Å². The predicted molar refractivity (Wildman–Crippen MR) is 87.1 cm³/mol. The van der Waals surface area contributed by atoms with Crippen LogP contribution in [-0.4, -0.2) is 25.7 Å². The summed E-state index contributed by atoms with van der Waals surface area (Å²) in [6, 6.07) is 0. The standard InChI is InChI=1S/C17H33N3O/c1-7-17(21,16(4,5)6)13-20-15(12-18-19-20)11-9-8-10-14(2)3/h12,14,21H,7-11,13H2,1-6H3/t17-/m1/s1. The highest BCUT2D eigenvalue weighted by Crippen LogP contribution is 2.34. The maximum Gasteiger partial charge on any atom is 0.0888 e. The van der Waals surface area contributed by atoms with E-state index in [1.54, 1.807) is 0 Å². The molecule has 0 saturated carbocycles. The zero-order valence-electron chi connectivity index (χ0n) is 14.7. The molecule has 1 atom stereocenters. The van der Waals surface area contributed by atoms with E-state index in [0.29, 0.717) is 13.0 Å². The minimum atomic E-state index is -0.757. The Balaban J connectivity index is 2.67. The van der Waals surface area contributed by atoms with Gasteiger partial charge in [0, 0.05) is 0 Å². The van der Waals surface area contributed by atoms with Gasteiger partial charge in [0.25, 0.3) is 0 Å². The van der Waals surface area contributed by atoms with Crippen molar-refractivity contribution in [1.29, 1.82) is 0 Å². The fourth-order valence-corrected chi connectivity index (χ4v) is 2.59. The average molecular weight is 295 g/mol. The summed E-state index contributed by atoms with van der Waals surface area (Å²) in [4.78, 5) is 0. The summed E-state index contributed by atoms with van der Waals surface area (Å²) >= 11 is 0. The summed E-state index contributed by atoms with van der Waals surface area (Å²) in [6.45, 7) is 13.3. The first-order valence-electron chi connectivity index (χ1n) is 8.29. The summed E-state index contributed by atoms with van der Waals surface area (Å²) < 4.78 is 1.89. The first-order chi connectivity index (χ1) is 9.69. The second-order valence-electron chi connectivity index (χ2n) is 7.66. The summed E-state index contributed by atoms with van der Waals surface area (Å²) in [6.07, 6.45) is 7.20. The minimum absolute atomic E-state index is 0.178. The van der Waals surface area contributed by atoms with E-state index < -0.39 is 5.60 Å². The SMILES string of the molecule is CC[C@@](O)(Cn1nncc1CCCCC(C)C)C(C)(C)C. The molecule has 4 nitrogen and oxygen atoms in total. The van der Waals surface area contributed by atoms with Crippen LogP contribution in [0.3, 0.4) is 0 Å². The second-order valence-corrected chi connectivity index (χ2v) is 7.66. The third-order valence-electron chi connectivity index (χ3n) is 4.55. The lowest BCUT2D eigenvalue weighted by atomic mass is 9.74. The summed E-state index contributed by atoms with van der Waals surface area (Å²) in [7, 11) is 0. The molecule has 21 heavy (non-hydrogen) atoms. The van der Waals surface area contributed by atoms with Crippen LogP contribution in [0.15, 0.2) is 6.20 Å². The van der Waals surface area contributed by atoms with Gasteiger partial charge in [-0.2, -0.15) is 0 Å². The van der Waals surface area contributed by atoms with Gasteiger partial charge in [0.2, 0.25) is 0 Å². The fraction of sp³-hybridized carbons (Fsp3) is 0.882. The van der Waals surface area contributed by atoms with Gasteiger partial charge in [-0.1, -0.05) is 59.6 Å². The number of aliphatic hydroxyl groups is 1. The van der Waals surface area contributed by atoms with Crippen LogP contribution in [0.25, 0.3) is 0 Å². The van der Waals surface area contributed by atoms with E-state index in [0.717, 1.165) is 24.5 Å². The van der Waals surface area contributed by atoms with E-state index in [1.807, 2.05) is 17.8 Å². The molecule has 0 aliphatic carbocycles. The quantitative estimate of drug-likeness (QED) is 0.741. The van der Waals surface area contributed by atoms with Crippen molar-refractivity contribution in [2.24, 2.45) is 11.3 Å². The molecule has 0 amide bonds. The van der Waals surface area contributed by atoms with Crippen LogP contribution in [0.4, 0.5) is 0 Å². The number of aryl methyl sites for hydroxylation is 1. The summed E-state index contributed by atoms with van der Waals surface area (Å²) in [5, 5.41) is 19.1. The Kier molecular flexibility index (Phi) is 6.39. The van der Waals surface area contributed by atoms with Crippen molar-refractivity contribution >= 4 is 0 Å². The first kappa shape index (κ1) is 18.1. The second kappa shape index (κ2) is 7.39. The molecule has 1 N–H and O–H groups in total. The molecular formula is C17H33N3O. The van der Waals surface area contributed by atoms with E-state index in [-0.39, 0.29) is 5.41 Å². The Morgan fingerprint density at radius 2 is 1.90 bits per heavy atom. The molecule has 1 rings (SSSR count). The Labute approximate surface area is 129 Å². The van der Waals surface area contributed by atoms with Crippen LogP contribution < -0.4 is 0 Å². The zero-order chi connectivity index (χ0) is 16.1. The summed E-state index contributed by atoms with van der Waals surface area (Å²) in [5.41, 5.74) is 0.200. The third kappa shape index (κ3) is 5.10. The molecule has 0 aliphatic rings. The van der Waals surface area contributed by atoms with Crippen molar-refractivity contribution < 1.29 is 5.11 Å². The summed E-state index contributed by atoms with van der Waals surface area (Å²) in [5.74, 6) is 0.763. The molecule has 0 unspecified atom stereocenters. The van der Waals surface area contributed by atoms with Gasteiger partial charge in [-0.25, -0.2) is 4.68 Å². The van der Waals surface area contributed by atoms with Gasteiger partial charge < -0.3 is 5.11 Å². The topological polar surface area (TPSA) is 50.9 Å². The molecule has 1 aromatic rings. The highest BCUT2D eigenvalue weighted by Gasteiger charge is 2.39. The average Bonchev–Trinajstić information content (AvgIpc) is 2.80. The van der Waals surface area contributed by atoms with Crippen LogP contribution in [0.5, 0.6) is 0 Å². The van der Waals surface area contributed by atoms with Gasteiger partial charge in [-0.05, 0) is 30.6 Å². The molecule has 0 spiro atoms. The van der Waals surface area contributed by atoms with E-state index in [2.05, 4.69) is 44.9 Å². The number of hydrogen-bond donors (Lipinski definition) is 1. The molecule has 122 valence electrons. The van der Waals surface area contributed by atoms with E-state index in [9.17, 15) is 5.11 Å². The molecule has 1 aromatic heterocycles. The number of unbranched alkanes of at least 4 members (excludes halogenated alkanes) is 1. The Hall–Kier alpha value is -0.900. The molecular weight excluding hydrogens is 262 g/mol. The van der Waals surface area contributed by atoms with Crippen molar-refractivity contribution in [2.45, 2.75) is 85.8 Å². The van der Waals surface area contributed by atoms with Crippen LogP contribution in [0.2, 0.25) is 0 Å². The maximum absolute atomic E-state index is 10.9. The lowest BCUT2D eigenvalue weighted by Crippen LogP contribution is -2.46. The van der Waals surface area contributed by atoms with Gasteiger partial charge in [-0.3, -0.25) is 0 Å². The van der Waals surface area contributed by atoms with Crippen LogP contribution in [0, 0.1) is 11.3 Å². The molecule has 0 aliphatic heterocycles. The Bertz CT molecular complexity index is 420. The molecule has 0 aromatic carbocycles. The third-order valence-corrected chi connectivity index (χ3v) is 4.55. The van der Waals surface area contributed by atoms with Gasteiger partial charge in [0.15, 0.2) is 0 Å². The Morgan fingerprint density at radius 3 is 2.43 bits per heavy atom. The lowest BCUT2D eigenvalue weighted by molar-refractivity contribution is -0.0770. The molecule has 0 radical (unpaired) electrons. The maximum atomic E-state index is 10.9. The van der Waals surface area contributed by atoms with Crippen molar-refractivity contribution in [2.75, 3.05) is 0 Å². The van der Waals surface area contributed by atoms with Crippen molar-refractivity contribution in [1.82, 2.24) is 15.0 Å². The minimum Gasteiger partial charge on any atom is -0.387 e. The fourth-order valence-electron chi connectivity index (χ4n) is 2.59. The molecule has 1 heterocycles. The van der Waals surface area contributed by atoms with Gasteiger partial charge >= 0.3 is 0 Å². The molecule has 0 fully saturated rings. The lowest BCUT2D eigenvalue weighted by Gasteiger charge is -2.39. The zero-order valence-corrected chi connectivity index (χ0v) is 14.7. The van der Waals surface area contributed by atoms with Gasteiger partial charge in [0.05, 0.1) is 24.0 Å².